The molecule has 0 saturated heterocycles. The third kappa shape index (κ3) is 3.12. The number of benzene rings is 1. The summed E-state index contributed by atoms with van der Waals surface area (Å²) in [5.41, 5.74) is 0.678. The number of hydrogen-bond donors (Lipinski definition) is 2. The molecule has 0 heterocycles. The molecule has 0 unspecified atom stereocenters. The maximum atomic E-state index is 11.3. The van der Waals surface area contributed by atoms with Crippen molar-refractivity contribution in [1.82, 2.24) is 0 Å². The molecule has 0 aliphatic carbocycles. The molecule has 6 nitrogen and oxygen atoms in total. The number of aliphatic hydroxyl groups is 1. The van der Waals surface area contributed by atoms with Crippen LogP contribution in [0.2, 0.25) is 0 Å². The number of nitrogens with one attached hydrogen (secondary N) is 1. The number of nitro groups is 1. The molecule has 0 aliphatic heterocycles. The summed E-state index contributed by atoms with van der Waals surface area (Å²) in [6, 6.07) is 4.00. The van der Waals surface area contributed by atoms with Crippen LogP contribution in [0.15, 0.2) is 30.4 Å². The average Bonchev–Trinajstić information content (AvgIpc) is 2.28. The van der Waals surface area contributed by atoms with Gasteiger partial charge in [0.05, 0.1) is 17.1 Å². The topological polar surface area (TPSA) is 92.5 Å². The van der Waals surface area contributed by atoms with Gasteiger partial charge in [-0.2, -0.15) is 0 Å². The van der Waals surface area contributed by atoms with Gasteiger partial charge in [0.1, 0.15) is 0 Å². The summed E-state index contributed by atoms with van der Waals surface area (Å²) >= 11 is 0. The molecule has 0 atom stereocenters. The minimum absolute atomic E-state index is 0.148. The molecule has 1 aromatic carbocycles. The van der Waals surface area contributed by atoms with Gasteiger partial charge in [0.15, 0.2) is 0 Å². The number of nitro benzene ring substituents is 1. The number of rotatable bonds is 4. The zero-order chi connectivity index (χ0) is 13.0. The first-order valence-corrected chi connectivity index (χ1v) is 4.80. The van der Waals surface area contributed by atoms with Gasteiger partial charge in [-0.05, 0) is 19.1 Å². The van der Waals surface area contributed by atoms with E-state index in [-0.39, 0.29) is 17.2 Å². The molecule has 0 aliphatic rings. The van der Waals surface area contributed by atoms with E-state index in [2.05, 4.69) is 11.9 Å². The normalized spacial score (nSPS) is 9.76. The van der Waals surface area contributed by atoms with Crippen molar-refractivity contribution in [2.75, 3.05) is 5.32 Å². The van der Waals surface area contributed by atoms with Crippen LogP contribution < -0.4 is 5.32 Å². The molecule has 2 N–H and O–H groups in total. The zero-order valence-electron chi connectivity index (χ0n) is 9.27. The van der Waals surface area contributed by atoms with E-state index < -0.39 is 11.5 Å². The molecule has 6 heteroatoms. The van der Waals surface area contributed by atoms with E-state index in [0.29, 0.717) is 11.3 Å². The van der Waals surface area contributed by atoms with Gasteiger partial charge in [-0.3, -0.25) is 14.9 Å². The highest BCUT2D eigenvalue weighted by atomic mass is 16.6. The van der Waals surface area contributed by atoms with Crippen LogP contribution in [0.1, 0.15) is 12.5 Å². The predicted molar refractivity (Wildman–Crippen MR) is 62.5 cm³/mol. The first kappa shape index (κ1) is 12.9. The van der Waals surface area contributed by atoms with Crippen molar-refractivity contribution in [3.63, 3.8) is 0 Å². The third-order valence-electron chi connectivity index (χ3n) is 2.09. The lowest BCUT2D eigenvalue weighted by molar-refractivity contribution is -0.385. The number of nitrogens with zero attached hydrogens (tertiary/aromatic N) is 1. The van der Waals surface area contributed by atoms with Crippen LogP contribution >= 0.6 is 0 Å². The monoisotopic (exact) mass is 236 g/mol. The molecule has 17 heavy (non-hydrogen) atoms. The van der Waals surface area contributed by atoms with E-state index in [1.165, 1.54) is 18.2 Å². The molecule has 0 bridgehead atoms. The summed E-state index contributed by atoms with van der Waals surface area (Å²) in [4.78, 5) is 21.4. The maximum Gasteiger partial charge on any atom is 0.275 e. The minimum atomic E-state index is -0.587. The van der Waals surface area contributed by atoms with Crippen LogP contribution in [0.25, 0.3) is 0 Å². The second-order valence-corrected chi connectivity index (χ2v) is 3.49. The van der Waals surface area contributed by atoms with Gasteiger partial charge in [0, 0.05) is 17.3 Å². The van der Waals surface area contributed by atoms with Crippen molar-refractivity contribution in [2.45, 2.75) is 13.5 Å². The molecule has 1 rings (SSSR count). The fourth-order valence-electron chi connectivity index (χ4n) is 1.21. The van der Waals surface area contributed by atoms with Gasteiger partial charge in [-0.15, -0.1) is 0 Å². The lowest BCUT2D eigenvalue weighted by atomic mass is 10.1. The Kier molecular flexibility index (Phi) is 3.95. The Bertz CT molecular complexity index is 482. The van der Waals surface area contributed by atoms with Crippen molar-refractivity contribution in [1.29, 1.82) is 0 Å². The van der Waals surface area contributed by atoms with Crippen LogP contribution in [-0.2, 0) is 11.4 Å². The number of aliphatic hydroxyl groups excluding tert-OH is 1. The summed E-state index contributed by atoms with van der Waals surface area (Å²) in [5.74, 6) is -0.372. The molecule has 0 fully saturated rings. The highest BCUT2D eigenvalue weighted by Crippen LogP contribution is 2.22. The van der Waals surface area contributed by atoms with Gasteiger partial charge < -0.3 is 10.4 Å². The van der Waals surface area contributed by atoms with Crippen LogP contribution in [0.4, 0.5) is 11.4 Å². The van der Waals surface area contributed by atoms with E-state index in [0.717, 1.165) is 0 Å². The van der Waals surface area contributed by atoms with E-state index in [1.54, 1.807) is 6.92 Å². The molecular weight excluding hydrogens is 224 g/mol. The Morgan fingerprint density at radius 1 is 1.59 bits per heavy atom. The van der Waals surface area contributed by atoms with Crippen molar-refractivity contribution < 1.29 is 14.8 Å². The van der Waals surface area contributed by atoms with Gasteiger partial charge in [0.25, 0.3) is 11.6 Å². The summed E-state index contributed by atoms with van der Waals surface area (Å²) < 4.78 is 0. The second kappa shape index (κ2) is 5.22. The molecule has 0 aromatic heterocycles. The molecule has 1 amide bonds. The Morgan fingerprint density at radius 3 is 2.71 bits per heavy atom. The number of carbonyl (C=O) groups is 1. The predicted octanol–water partition coefficient (Wildman–Crippen LogP) is 1.60. The van der Waals surface area contributed by atoms with Crippen molar-refractivity contribution in [3.05, 3.63) is 46.0 Å². The van der Waals surface area contributed by atoms with Crippen molar-refractivity contribution >= 4 is 17.3 Å². The Labute approximate surface area is 97.7 Å². The van der Waals surface area contributed by atoms with E-state index >= 15 is 0 Å². The lowest BCUT2D eigenvalue weighted by Crippen LogP contribution is -2.12. The SMILES string of the molecule is C=C(C)C(=O)Nc1ccc([N+](=O)[O-])c(CO)c1. The highest BCUT2D eigenvalue weighted by Gasteiger charge is 2.14. The van der Waals surface area contributed by atoms with Crippen molar-refractivity contribution in [3.8, 4) is 0 Å². The number of amides is 1. The fourth-order valence-corrected chi connectivity index (χ4v) is 1.21. The van der Waals surface area contributed by atoms with Gasteiger partial charge in [-0.25, -0.2) is 0 Å². The molecular formula is C11H12N2O4. The number of anilines is 1. The largest absolute Gasteiger partial charge is 0.391 e. The maximum absolute atomic E-state index is 11.3. The summed E-state index contributed by atoms with van der Waals surface area (Å²) in [6.07, 6.45) is 0. The molecule has 0 saturated carbocycles. The minimum Gasteiger partial charge on any atom is -0.391 e. The van der Waals surface area contributed by atoms with Gasteiger partial charge in [0.2, 0.25) is 0 Å². The van der Waals surface area contributed by atoms with Crippen LogP contribution in [0.3, 0.4) is 0 Å². The van der Waals surface area contributed by atoms with Gasteiger partial charge >= 0.3 is 0 Å². The highest BCUT2D eigenvalue weighted by molar-refractivity contribution is 6.02. The number of hydrogen-bond acceptors (Lipinski definition) is 4. The summed E-state index contributed by atoms with van der Waals surface area (Å²) in [5, 5.41) is 22.1. The smallest absolute Gasteiger partial charge is 0.275 e. The third-order valence-corrected chi connectivity index (χ3v) is 2.09. The average molecular weight is 236 g/mol. The Balaban J connectivity index is 3.01. The Hall–Kier alpha value is -2.21. The Morgan fingerprint density at radius 2 is 2.24 bits per heavy atom. The standard InChI is InChI=1S/C11H12N2O4/c1-7(2)11(15)12-9-3-4-10(13(16)17)8(5-9)6-14/h3-5,14H,1,6H2,2H3,(H,12,15). The van der Waals surface area contributed by atoms with Crippen LogP contribution in [0, 0.1) is 10.1 Å². The first-order valence-electron chi connectivity index (χ1n) is 4.80. The first-order chi connectivity index (χ1) is 7.95. The van der Waals surface area contributed by atoms with Crippen molar-refractivity contribution in [2.24, 2.45) is 0 Å². The van der Waals surface area contributed by atoms with E-state index in [4.69, 9.17) is 5.11 Å². The fraction of sp³-hybridized carbons (Fsp3) is 0.182. The van der Waals surface area contributed by atoms with E-state index in [1.807, 2.05) is 0 Å². The zero-order valence-corrected chi connectivity index (χ0v) is 9.27. The second-order valence-electron chi connectivity index (χ2n) is 3.49. The molecule has 0 radical (unpaired) electrons. The van der Waals surface area contributed by atoms with Crippen LogP contribution in [0.5, 0.6) is 0 Å². The molecule has 1 aromatic rings. The lowest BCUT2D eigenvalue weighted by Gasteiger charge is -2.06. The van der Waals surface area contributed by atoms with Gasteiger partial charge in [-0.1, -0.05) is 6.58 Å². The summed E-state index contributed by atoms with van der Waals surface area (Å²) in [6.45, 7) is 4.55. The van der Waals surface area contributed by atoms with Crippen LogP contribution in [-0.4, -0.2) is 15.9 Å². The van der Waals surface area contributed by atoms with E-state index in [9.17, 15) is 14.9 Å². The molecule has 90 valence electrons. The molecule has 0 spiro atoms. The number of carbonyl (C=O) groups excluding carboxylic acids is 1. The summed E-state index contributed by atoms with van der Waals surface area (Å²) in [7, 11) is 0. The quantitative estimate of drug-likeness (QED) is 0.471.